The Morgan fingerprint density at radius 2 is 2.56 bits per heavy atom. The van der Waals surface area contributed by atoms with Gasteiger partial charge in [0.2, 0.25) is 0 Å². The number of amidine groups is 1. The van der Waals surface area contributed by atoms with Crippen LogP contribution >= 0.6 is 11.8 Å². The molecular formula is C5H9ClN2O. The first-order chi connectivity index (χ1) is 4.22. The summed E-state index contributed by atoms with van der Waals surface area (Å²) in [7, 11) is 0. The lowest BCUT2D eigenvalue weighted by Crippen LogP contribution is -2.27. The van der Waals surface area contributed by atoms with Crippen LogP contribution in [-0.2, 0) is 0 Å². The van der Waals surface area contributed by atoms with Gasteiger partial charge in [-0.3, -0.25) is 9.41 Å². The largest absolute Gasteiger partial charge is 0.385 e. The third-order valence-corrected chi connectivity index (χ3v) is 1.53. The first-order valence-corrected chi connectivity index (χ1v) is 3.21. The minimum Gasteiger partial charge on any atom is -0.385 e. The summed E-state index contributed by atoms with van der Waals surface area (Å²) >= 11 is 5.62. The summed E-state index contributed by atoms with van der Waals surface area (Å²) in [6.45, 7) is 3.06. The Morgan fingerprint density at radius 3 is 2.78 bits per heavy atom. The smallest absolute Gasteiger partial charge is 0.143 e. The van der Waals surface area contributed by atoms with E-state index in [0.29, 0.717) is 18.9 Å². The van der Waals surface area contributed by atoms with E-state index in [4.69, 9.17) is 16.9 Å². The number of hydrogen-bond donors (Lipinski definition) is 1. The van der Waals surface area contributed by atoms with Crippen LogP contribution in [0.15, 0.2) is 4.99 Å². The van der Waals surface area contributed by atoms with Gasteiger partial charge in [-0.25, -0.2) is 0 Å². The molecule has 3 nitrogen and oxygen atoms in total. The predicted octanol–water partition coefficient (Wildman–Crippen LogP) is 0.235. The van der Waals surface area contributed by atoms with E-state index in [0.717, 1.165) is 0 Å². The van der Waals surface area contributed by atoms with Gasteiger partial charge in [-0.2, -0.15) is 0 Å². The maximum absolute atomic E-state index is 8.97. The summed E-state index contributed by atoms with van der Waals surface area (Å²) in [4.78, 5) is 3.98. The van der Waals surface area contributed by atoms with Gasteiger partial charge in [-0.15, -0.1) is 0 Å². The standard InChI is InChI=1S/C5H9ClN2O/c1-4(9)5-7-2-3-8(5)6/h4,9H,2-3H2,1H3. The van der Waals surface area contributed by atoms with Gasteiger partial charge in [0.1, 0.15) is 11.9 Å². The molecule has 0 aromatic heterocycles. The van der Waals surface area contributed by atoms with Crippen LogP contribution in [0, 0.1) is 0 Å². The Bertz CT molecular complexity index is 135. The highest BCUT2D eigenvalue weighted by Crippen LogP contribution is 2.07. The van der Waals surface area contributed by atoms with Gasteiger partial charge in [0, 0.05) is 11.8 Å². The molecule has 0 bridgehead atoms. The molecular weight excluding hydrogens is 140 g/mol. The van der Waals surface area contributed by atoms with Crippen LogP contribution in [0.2, 0.25) is 0 Å². The van der Waals surface area contributed by atoms with Crippen molar-refractivity contribution in [2.45, 2.75) is 13.0 Å². The fraction of sp³-hybridized carbons (Fsp3) is 0.800. The second kappa shape index (κ2) is 2.54. The molecule has 1 atom stereocenters. The lowest BCUT2D eigenvalue weighted by atomic mass is 10.4. The molecule has 0 saturated carbocycles. The van der Waals surface area contributed by atoms with Gasteiger partial charge in [-0.05, 0) is 6.92 Å². The van der Waals surface area contributed by atoms with E-state index in [9.17, 15) is 0 Å². The Hall–Kier alpha value is -0.280. The normalized spacial score (nSPS) is 22.1. The number of nitrogens with zero attached hydrogens (tertiary/aromatic N) is 2. The molecule has 9 heavy (non-hydrogen) atoms. The molecule has 4 heteroatoms. The summed E-state index contributed by atoms with van der Waals surface area (Å²) in [6.07, 6.45) is -0.537. The highest BCUT2D eigenvalue weighted by molar-refractivity contribution is 6.23. The van der Waals surface area contributed by atoms with Crippen molar-refractivity contribution >= 4 is 17.6 Å². The number of aliphatic hydroxyl groups excluding tert-OH is 1. The predicted molar refractivity (Wildman–Crippen MR) is 36.5 cm³/mol. The number of rotatable bonds is 1. The van der Waals surface area contributed by atoms with Gasteiger partial charge >= 0.3 is 0 Å². The van der Waals surface area contributed by atoms with Crippen molar-refractivity contribution in [2.75, 3.05) is 13.1 Å². The molecule has 0 fully saturated rings. The zero-order valence-corrected chi connectivity index (χ0v) is 5.97. The van der Waals surface area contributed by atoms with E-state index in [1.807, 2.05) is 0 Å². The average molecular weight is 149 g/mol. The topological polar surface area (TPSA) is 35.8 Å². The molecule has 0 saturated heterocycles. The number of aliphatic hydroxyl groups is 1. The van der Waals surface area contributed by atoms with Crippen molar-refractivity contribution in [2.24, 2.45) is 4.99 Å². The molecule has 0 aromatic carbocycles. The summed E-state index contributed by atoms with van der Waals surface area (Å²) in [5.41, 5.74) is 0. The maximum Gasteiger partial charge on any atom is 0.143 e. The second-order valence-electron chi connectivity index (χ2n) is 2.00. The summed E-state index contributed by atoms with van der Waals surface area (Å²) in [6, 6.07) is 0. The fourth-order valence-electron chi connectivity index (χ4n) is 0.778. The van der Waals surface area contributed by atoms with Crippen LogP contribution in [0.4, 0.5) is 0 Å². The minimum atomic E-state index is -0.537. The van der Waals surface area contributed by atoms with Crippen LogP contribution in [0.3, 0.4) is 0 Å². The Labute approximate surface area is 59.1 Å². The van der Waals surface area contributed by atoms with Crippen LogP contribution in [0.5, 0.6) is 0 Å². The molecule has 1 aliphatic heterocycles. The number of aliphatic imine (C=N–C) groups is 1. The Balaban J connectivity index is 2.57. The molecule has 1 N–H and O–H groups in total. The van der Waals surface area contributed by atoms with Crippen molar-refractivity contribution in [1.82, 2.24) is 4.42 Å². The van der Waals surface area contributed by atoms with Gasteiger partial charge < -0.3 is 5.11 Å². The highest BCUT2D eigenvalue weighted by atomic mass is 35.5. The third-order valence-electron chi connectivity index (χ3n) is 1.19. The first-order valence-electron chi connectivity index (χ1n) is 2.87. The Morgan fingerprint density at radius 1 is 1.89 bits per heavy atom. The van der Waals surface area contributed by atoms with Crippen molar-refractivity contribution in [3.63, 3.8) is 0 Å². The van der Waals surface area contributed by atoms with Crippen LogP contribution in [0.25, 0.3) is 0 Å². The van der Waals surface area contributed by atoms with Crippen molar-refractivity contribution < 1.29 is 5.11 Å². The van der Waals surface area contributed by atoms with Crippen molar-refractivity contribution in [3.8, 4) is 0 Å². The van der Waals surface area contributed by atoms with E-state index >= 15 is 0 Å². The zero-order chi connectivity index (χ0) is 6.85. The molecule has 1 rings (SSSR count). The highest BCUT2D eigenvalue weighted by Gasteiger charge is 2.18. The van der Waals surface area contributed by atoms with Gasteiger partial charge in [0.05, 0.1) is 13.1 Å². The molecule has 0 radical (unpaired) electrons. The van der Waals surface area contributed by atoms with Crippen molar-refractivity contribution in [3.05, 3.63) is 0 Å². The van der Waals surface area contributed by atoms with Crippen molar-refractivity contribution in [1.29, 1.82) is 0 Å². The molecule has 0 spiro atoms. The van der Waals surface area contributed by atoms with E-state index < -0.39 is 6.10 Å². The van der Waals surface area contributed by atoms with E-state index in [2.05, 4.69) is 4.99 Å². The van der Waals surface area contributed by atoms with E-state index in [1.165, 1.54) is 4.42 Å². The second-order valence-corrected chi connectivity index (χ2v) is 2.41. The molecule has 1 unspecified atom stereocenters. The number of halogens is 1. The summed E-state index contributed by atoms with van der Waals surface area (Å²) in [5, 5.41) is 8.97. The van der Waals surface area contributed by atoms with Crippen LogP contribution in [0.1, 0.15) is 6.92 Å². The van der Waals surface area contributed by atoms with Gasteiger partial charge in [-0.1, -0.05) is 0 Å². The van der Waals surface area contributed by atoms with Crippen LogP contribution < -0.4 is 0 Å². The molecule has 0 aliphatic carbocycles. The lowest BCUT2D eigenvalue weighted by Gasteiger charge is -2.11. The monoisotopic (exact) mass is 148 g/mol. The van der Waals surface area contributed by atoms with E-state index in [1.54, 1.807) is 6.92 Å². The van der Waals surface area contributed by atoms with E-state index in [-0.39, 0.29) is 0 Å². The first kappa shape index (κ1) is 6.83. The van der Waals surface area contributed by atoms with Gasteiger partial charge in [0.15, 0.2) is 0 Å². The summed E-state index contributed by atoms with van der Waals surface area (Å²) < 4.78 is 1.45. The quantitative estimate of drug-likeness (QED) is 0.541. The maximum atomic E-state index is 8.97. The summed E-state index contributed by atoms with van der Waals surface area (Å²) in [5.74, 6) is 0.580. The Kier molecular flexibility index (Phi) is 1.93. The molecule has 0 amide bonds. The number of hydrogen-bond acceptors (Lipinski definition) is 3. The zero-order valence-electron chi connectivity index (χ0n) is 5.21. The molecule has 1 heterocycles. The average Bonchev–Trinajstić information content (AvgIpc) is 2.13. The van der Waals surface area contributed by atoms with Gasteiger partial charge in [0.25, 0.3) is 0 Å². The van der Waals surface area contributed by atoms with Crippen LogP contribution in [-0.4, -0.2) is 34.6 Å². The molecule has 1 aliphatic rings. The SMILES string of the molecule is CC(O)C1=NCCN1Cl. The third kappa shape index (κ3) is 1.34. The lowest BCUT2D eigenvalue weighted by molar-refractivity contribution is 0.253. The fourth-order valence-corrected chi connectivity index (χ4v) is 1.05. The molecule has 0 aromatic rings. The molecule has 52 valence electrons. The minimum absolute atomic E-state index is 0.537.